The molecule has 114 valence electrons. The molecule has 1 heterocycles. The minimum atomic E-state index is -1.65. The molecule has 0 N–H and O–H groups in total. The number of amides is 3. The van der Waals surface area contributed by atoms with E-state index < -0.39 is 20.4 Å². The largest absolute Gasteiger partial charge is 0.341 e. The maximum Gasteiger partial charge on any atom is 0.341 e. The van der Waals surface area contributed by atoms with Crippen LogP contribution in [0.2, 0.25) is 5.02 Å². The molecule has 0 saturated carbocycles. The Balaban J connectivity index is 2.21. The number of benzene rings is 1. The molecule has 10 heteroatoms. The average Bonchev–Trinajstić information content (AvgIpc) is 2.63. The number of hydrogen-bond acceptors (Lipinski definition) is 3. The zero-order valence-corrected chi connectivity index (χ0v) is 14.7. The van der Waals surface area contributed by atoms with E-state index in [0.29, 0.717) is 22.7 Å². The molecule has 0 radical (unpaired) electrons. The quantitative estimate of drug-likeness (QED) is 0.412. The van der Waals surface area contributed by atoms with Gasteiger partial charge in [-0.05, 0) is 30.1 Å². The van der Waals surface area contributed by atoms with Gasteiger partial charge in [-0.25, -0.2) is 9.69 Å². The van der Waals surface area contributed by atoms with E-state index >= 15 is 0 Å². The van der Waals surface area contributed by atoms with Crippen molar-refractivity contribution < 1.29 is 9.59 Å². The molecule has 1 aliphatic heterocycles. The summed E-state index contributed by atoms with van der Waals surface area (Å²) in [5.74, 6) is -0.431. The third-order valence-corrected chi connectivity index (χ3v) is 5.92. The third-order valence-electron chi connectivity index (χ3n) is 2.49. The van der Waals surface area contributed by atoms with Crippen LogP contribution in [0.5, 0.6) is 0 Å². The molecule has 1 aromatic carbocycles. The highest BCUT2D eigenvalue weighted by Gasteiger charge is 2.44. The molecule has 0 unspecified atom stereocenters. The van der Waals surface area contributed by atoms with Crippen LogP contribution in [0, 0.1) is 0 Å². The molecule has 2 rings (SSSR count). The Bertz CT molecular complexity index is 583. The first-order valence-corrected chi connectivity index (χ1v) is 8.25. The molecule has 1 fully saturated rings. The van der Waals surface area contributed by atoms with Gasteiger partial charge >= 0.3 is 6.03 Å². The van der Waals surface area contributed by atoms with E-state index in [4.69, 9.17) is 58.0 Å². The van der Waals surface area contributed by atoms with Crippen molar-refractivity contribution in [1.82, 2.24) is 4.31 Å². The predicted molar refractivity (Wildman–Crippen MR) is 88.6 cm³/mol. The first-order valence-electron chi connectivity index (χ1n) is 5.47. The van der Waals surface area contributed by atoms with Gasteiger partial charge in [0.15, 0.2) is 4.84 Å². The van der Waals surface area contributed by atoms with Crippen molar-refractivity contribution in [1.29, 1.82) is 0 Å². The van der Waals surface area contributed by atoms with Gasteiger partial charge in [-0.3, -0.25) is 9.10 Å². The maximum absolute atomic E-state index is 12.3. The van der Waals surface area contributed by atoms with Crippen molar-refractivity contribution >= 4 is 87.6 Å². The Morgan fingerprint density at radius 1 is 1.24 bits per heavy atom. The second-order valence-corrected chi connectivity index (χ2v) is 8.62. The molecule has 1 aliphatic rings. The molecule has 1 aromatic rings. The highest BCUT2D eigenvalue weighted by molar-refractivity contribution is 8.01. The number of imide groups is 1. The summed E-state index contributed by atoms with van der Waals surface area (Å²) in [6.45, 7) is -0.197. The Morgan fingerprint density at radius 3 is 2.48 bits per heavy atom. The van der Waals surface area contributed by atoms with Crippen LogP contribution in [0.3, 0.4) is 0 Å². The topological polar surface area (TPSA) is 40.6 Å². The van der Waals surface area contributed by atoms with Crippen molar-refractivity contribution in [2.75, 3.05) is 11.4 Å². The first kappa shape index (κ1) is 17.3. The summed E-state index contributed by atoms with van der Waals surface area (Å²) in [6.07, 6.45) is 0. The average molecular weight is 409 g/mol. The second-order valence-electron chi connectivity index (χ2n) is 3.98. The lowest BCUT2D eigenvalue weighted by Gasteiger charge is -2.24. The Kier molecular flexibility index (Phi) is 5.45. The molecular weight excluding hydrogens is 401 g/mol. The van der Waals surface area contributed by atoms with Gasteiger partial charge in [0.25, 0.3) is 5.91 Å². The fraction of sp³-hybridized carbons (Fsp3) is 0.273. The Morgan fingerprint density at radius 2 is 1.90 bits per heavy atom. The van der Waals surface area contributed by atoms with E-state index in [1.54, 1.807) is 18.2 Å². The molecule has 0 aliphatic carbocycles. The van der Waals surface area contributed by atoms with Crippen LogP contribution in [-0.2, 0) is 4.79 Å². The summed E-state index contributed by atoms with van der Waals surface area (Å²) in [5, 5.41) is 0.407. The molecule has 0 bridgehead atoms. The lowest BCUT2D eigenvalue weighted by molar-refractivity contribution is -0.116. The summed E-state index contributed by atoms with van der Waals surface area (Å²) in [4.78, 5) is 24.2. The number of carbonyl (C=O) groups is 2. The fourth-order valence-corrected chi connectivity index (χ4v) is 3.24. The zero-order valence-electron chi connectivity index (χ0n) is 10.1. The van der Waals surface area contributed by atoms with E-state index in [2.05, 4.69) is 0 Å². The molecule has 1 saturated heterocycles. The SMILES string of the molecule is O=C1CN(SC(Cl)(Cl)C(Cl)Cl)C(=O)N1c1cccc(Cl)c1. The highest BCUT2D eigenvalue weighted by atomic mass is 35.5. The van der Waals surface area contributed by atoms with E-state index in [0.717, 1.165) is 9.21 Å². The van der Waals surface area contributed by atoms with Crippen LogP contribution in [0.4, 0.5) is 10.5 Å². The van der Waals surface area contributed by atoms with Crippen LogP contribution in [0.25, 0.3) is 0 Å². The number of hydrogen-bond donors (Lipinski definition) is 0. The van der Waals surface area contributed by atoms with Crippen molar-refractivity contribution in [2.24, 2.45) is 0 Å². The first-order chi connectivity index (χ1) is 9.72. The van der Waals surface area contributed by atoms with Crippen molar-refractivity contribution in [3.8, 4) is 0 Å². The lowest BCUT2D eigenvalue weighted by atomic mass is 10.3. The number of anilines is 1. The number of rotatable bonds is 4. The monoisotopic (exact) mass is 406 g/mol. The van der Waals surface area contributed by atoms with Crippen molar-refractivity contribution in [3.05, 3.63) is 29.3 Å². The van der Waals surface area contributed by atoms with Gasteiger partial charge in [0, 0.05) is 5.02 Å². The molecule has 21 heavy (non-hydrogen) atoms. The summed E-state index contributed by atoms with van der Waals surface area (Å²) < 4.78 is -0.551. The summed E-state index contributed by atoms with van der Waals surface area (Å²) in [6, 6.07) is 5.78. The highest BCUT2D eigenvalue weighted by Crippen LogP contribution is 2.45. The number of alkyl halides is 4. The van der Waals surface area contributed by atoms with E-state index in [1.165, 1.54) is 6.07 Å². The number of halogens is 5. The van der Waals surface area contributed by atoms with Gasteiger partial charge in [0.05, 0.1) is 5.69 Å². The molecule has 0 spiro atoms. The minimum absolute atomic E-state index is 0.197. The molecule has 0 atom stereocenters. The number of urea groups is 1. The second kappa shape index (κ2) is 6.60. The van der Waals surface area contributed by atoms with Crippen molar-refractivity contribution in [2.45, 2.75) is 8.50 Å². The van der Waals surface area contributed by atoms with E-state index in [9.17, 15) is 9.59 Å². The third kappa shape index (κ3) is 3.84. The Hall–Kier alpha value is -0.0400. The summed E-state index contributed by atoms with van der Waals surface area (Å²) in [7, 11) is 0. The van der Waals surface area contributed by atoms with Gasteiger partial charge in [0.2, 0.25) is 3.67 Å². The van der Waals surface area contributed by atoms with Crippen LogP contribution in [0.1, 0.15) is 0 Å². The summed E-state index contributed by atoms with van der Waals surface area (Å²) in [5.41, 5.74) is 0.364. The standard InChI is InChI=1S/C11H7Cl5N2O2S/c12-6-2-1-3-7(4-6)18-8(19)5-17(10(18)20)21-11(15,16)9(13)14/h1-4,9H,5H2. The normalized spacial score (nSPS) is 16.3. The number of nitrogens with zero attached hydrogens (tertiary/aromatic N) is 2. The van der Waals surface area contributed by atoms with Crippen LogP contribution < -0.4 is 4.90 Å². The van der Waals surface area contributed by atoms with E-state index in [1.807, 2.05) is 0 Å². The minimum Gasteiger partial charge on any atom is -0.272 e. The van der Waals surface area contributed by atoms with Crippen LogP contribution in [-0.4, -0.2) is 31.3 Å². The van der Waals surface area contributed by atoms with Crippen LogP contribution in [0.15, 0.2) is 24.3 Å². The molecular formula is C11H7Cl5N2O2S. The molecule has 4 nitrogen and oxygen atoms in total. The summed E-state index contributed by atoms with van der Waals surface area (Å²) >= 11 is 29.6. The maximum atomic E-state index is 12.3. The van der Waals surface area contributed by atoms with Gasteiger partial charge in [-0.15, -0.1) is 23.2 Å². The van der Waals surface area contributed by atoms with Crippen molar-refractivity contribution in [3.63, 3.8) is 0 Å². The smallest absolute Gasteiger partial charge is 0.272 e. The van der Waals surface area contributed by atoms with Gasteiger partial charge in [-0.1, -0.05) is 40.9 Å². The van der Waals surface area contributed by atoms with Gasteiger partial charge < -0.3 is 0 Å². The lowest BCUT2D eigenvalue weighted by Crippen LogP contribution is -2.33. The number of carbonyl (C=O) groups excluding carboxylic acids is 2. The van der Waals surface area contributed by atoms with E-state index in [-0.39, 0.29) is 6.54 Å². The predicted octanol–water partition coefficient (Wildman–Crippen LogP) is 4.69. The fourth-order valence-electron chi connectivity index (χ4n) is 1.61. The zero-order chi connectivity index (χ0) is 15.8. The van der Waals surface area contributed by atoms with Gasteiger partial charge in [0.1, 0.15) is 6.54 Å². The molecule has 3 amide bonds. The Labute approximate surface area is 150 Å². The molecule has 0 aromatic heterocycles. The van der Waals surface area contributed by atoms with Gasteiger partial charge in [-0.2, -0.15) is 0 Å². The van der Waals surface area contributed by atoms with Crippen LogP contribution >= 0.6 is 70.0 Å².